The molecule has 0 bridgehead atoms. The molecule has 5 atom stereocenters. The second kappa shape index (κ2) is 8.59. The predicted octanol–water partition coefficient (Wildman–Crippen LogP) is -0.451. The van der Waals surface area contributed by atoms with Gasteiger partial charge in [-0.25, -0.2) is 10.4 Å². The van der Waals surface area contributed by atoms with Gasteiger partial charge in [0.05, 0.1) is 26.4 Å². The van der Waals surface area contributed by atoms with Gasteiger partial charge in [-0.15, -0.1) is 0 Å². The molecule has 27 heavy (non-hydrogen) atoms. The van der Waals surface area contributed by atoms with Crippen molar-refractivity contribution in [3.8, 4) is 0 Å². The van der Waals surface area contributed by atoms with Crippen molar-refractivity contribution in [2.24, 2.45) is 5.92 Å². The van der Waals surface area contributed by atoms with Gasteiger partial charge in [-0.2, -0.15) is 0 Å². The standard InChI is InChI=1S/C19H36N6O2/c1-2-4-15-14-25-18(21-19(22-25)24-8-12-27-13-9-24)20-17(15)16(5-3-1)23-6-10-26-11-7-23/h15-22H,1-14H2. The average molecular weight is 381 g/mol. The smallest absolute Gasteiger partial charge is 0.129 e. The lowest BCUT2D eigenvalue weighted by atomic mass is 9.81. The van der Waals surface area contributed by atoms with E-state index in [1.165, 1.54) is 32.1 Å². The van der Waals surface area contributed by atoms with Crippen LogP contribution in [0.5, 0.6) is 0 Å². The Kier molecular flexibility index (Phi) is 5.94. The molecule has 5 fully saturated rings. The number of nitrogens with one attached hydrogen (secondary N) is 3. The molecular formula is C19H36N6O2. The third kappa shape index (κ3) is 4.04. The van der Waals surface area contributed by atoms with Gasteiger partial charge in [-0.3, -0.25) is 20.4 Å². The van der Waals surface area contributed by atoms with E-state index in [1.807, 2.05) is 0 Å². The molecule has 1 saturated carbocycles. The molecule has 0 aromatic rings. The maximum atomic E-state index is 5.62. The van der Waals surface area contributed by atoms with E-state index in [4.69, 9.17) is 9.47 Å². The Balaban J connectivity index is 1.28. The Morgan fingerprint density at radius 1 is 0.704 bits per heavy atom. The van der Waals surface area contributed by atoms with Crippen molar-refractivity contribution in [1.82, 2.24) is 30.9 Å². The fourth-order valence-electron chi connectivity index (χ4n) is 5.64. The molecule has 0 aromatic heterocycles. The van der Waals surface area contributed by atoms with E-state index in [2.05, 4.69) is 30.9 Å². The van der Waals surface area contributed by atoms with Crippen LogP contribution in [0.25, 0.3) is 0 Å². The number of ether oxygens (including phenoxy) is 2. The van der Waals surface area contributed by atoms with E-state index >= 15 is 0 Å². The Morgan fingerprint density at radius 3 is 2.19 bits per heavy atom. The fraction of sp³-hybridized carbons (Fsp3) is 1.00. The topological polar surface area (TPSA) is 64.3 Å². The minimum atomic E-state index is 0.220. The van der Waals surface area contributed by atoms with Crippen LogP contribution in [0, 0.1) is 5.92 Å². The molecule has 4 heterocycles. The first kappa shape index (κ1) is 18.7. The summed E-state index contributed by atoms with van der Waals surface area (Å²) in [6, 6.07) is 1.22. The van der Waals surface area contributed by atoms with Crippen LogP contribution in [0.15, 0.2) is 0 Å². The molecular weight excluding hydrogens is 344 g/mol. The van der Waals surface area contributed by atoms with Crippen molar-refractivity contribution in [3.63, 3.8) is 0 Å². The van der Waals surface area contributed by atoms with Crippen LogP contribution in [0.2, 0.25) is 0 Å². The largest absolute Gasteiger partial charge is 0.379 e. The zero-order chi connectivity index (χ0) is 18.1. The van der Waals surface area contributed by atoms with Crippen molar-refractivity contribution >= 4 is 0 Å². The maximum absolute atomic E-state index is 5.62. The summed E-state index contributed by atoms with van der Waals surface area (Å²) in [6.07, 6.45) is 7.23. The lowest BCUT2D eigenvalue weighted by Crippen LogP contribution is -2.68. The molecule has 5 aliphatic rings. The molecule has 0 spiro atoms. The van der Waals surface area contributed by atoms with E-state index in [1.54, 1.807) is 0 Å². The number of hydrogen-bond donors (Lipinski definition) is 3. The van der Waals surface area contributed by atoms with Crippen molar-refractivity contribution in [2.75, 3.05) is 59.2 Å². The molecule has 4 saturated heterocycles. The molecule has 1 aliphatic carbocycles. The normalized spacial score (nSPS) is 42.9. The minimum absolute atomic E-state index is 0.220. The summed E-state index contributed by atoms with van der Waals surface area (Å²) in [5.41, 5.74) is 3.72. The van der Waals surface area contributed by atoms with Crippen molar-refractivity contribution in [1.29, 1.82) is 0 Å². The molecule has 8 nitrogen and oxygen atoms in total. The van der Waals surface area contributed by atoms with Gasteiger partial charge < -0.3 is 9.47 Å². The minimum Gasteiger partial charge on any atom is -0.379 e. The average Bonchev–Trinajstić information content (AvgIpc) is 3.12. The van der Waals surface area contributed by atoms with Crippen molar-refractivity contribution < 1.29 is 9.47 Å². The maximum Gasteiger partial charge on any atom is 0.129 e. The number of hydrogen-bond acceptors (Lipinski definition) is 8. The molecule has 5 rings (SSSR count). The third-order valence-corrected chi connectivity index (χ3v) is 7.12. The fourth-order valence-corrected chi connectivity index (χ4v) is 5.64. The van der Waals surface area contributed by atoms with Crippen LogP contribution < -0.4 is 16.1 Å². The number of hydrazine groups is 1. The Morgan fingerprint density at radius 2 is 1.41 bits per heavy atom. The zero-order valence-corrected chi connectivity index (χ0v) is 16.4. The van der Waals surface area contributed by atoms with Gasteiger partial charge in [0, 0.05) is 44.8 Å². The molecule has 8 heteroatoms. The summed E-state index contributed by atoms with van der Waals surface area (Å²) in [5.74, 6) is 0.715. The van der Waals surface area contributed by atoms with E-state index in [0.717, 1.165) is 59.2 Å². The molecule has 0 radical (unpaired) electrons. The third-order valence-electron chi connectivity index (χ3n) is 7.12. The first-order valence-corrected chi connectivity index (χ1v) is 11.1. The molecule has 154 valence electrons. The van der Waals surface area contributed by atoms with Crippen molar-refractivity contribution in [3.05, 3.63) is 0 Å². The second-order valence-corrected chi connectivity index (χ2v) is 8.71. The van der Waals surface area contributed by atoms with E-state index in [9.17, 15) is 0 Å². The number of fused-ring (bicyclic) bond motifs is 2. The Labute approximate surface area is 162 Å². The SMILES string of the molecule is C1CCC2CN3NC(N4CCOCC4)NC3NC2C(N2CCOCC2)CC1. The van der Waals surface area contributed by atoms with Crippen LogP contribution in [-0.2, 0) is 9.47 Å². The summed E-state index contributed by atoms with van der Waals surface area (Å²) in [5, 5.41) is 10.2. The van der Waals surface area contributed by atoms with E-state index in [0.29, 0.717) is 18.0 Å². The predicted molar refractivity (Wildman–Crippen MR) is 103 cm³/mol. The summed E-state index contributed by atoms with van der Waals surface area (Å²) in [7, 11) is 0. The van der Waals surface area contributed by atoms with Gasteiger partial charge in [0.2, 0.25) is 0 Å². The first-order valence-electron chi connectivity index (χ1n) is 11.1. The number of morpholine rings is 2. The van der Waals surface area contributed by atoms with Gasteiger partial charge in [-0.05, 0) is 18.8 Å². The highest BCUT2D eigenvalue weighted by Gasteiger charge is 2.45. The zero-order valence-electron chi connectivity index (χ0n) is 16.4. The highest BCUT2D eigenvalue weighted by atomic mass is 16.5. The highest BCUT2D eigenvalue weighted by Crippen LogP contribution is 2.31. The lowest BCUT2D eigenvalue weighted by Gasteiger charge is -2.49. The van der Waals surface area contributed by atoms with Gasteiger partial charge in [0.1, 0.15) is 12.6 Å². The van der Waals surface area contributed by atoms with Gasteiger partial charge >= 0.3 is 0 Å². The quantitative estimate of drug-likeness (QED) is 0.595. The van der Waals surface area contributed by atoms with Crippen LogP contribution >= 0.6 is 0 Å². The lowest BCUT2D eigenvalue weighted by molar-refractivity contribution is -0.0350. The summed E-state index contributed by atoms with van der Waals surface area (Å²) in [6.45, 7) is 8.76. The van der Waals surface area contributed by atoms with E-state index in [-0.39, 0.29) is 12.6 Å². The number of rotatable bonds is 2. The second-order valence-electron chi connectivity index (χ2n) is 8.71. The summed E-state index contributed by atoms with van der Waals surface area (Å²) >= 11 is 0. The van der Waals surface area contributed by atoms with Crippen LogP contribution in [0.1, 0.15) is 32.1 Å². The van der Waals surface area contributed by atoms with Gasteiger partial charge in [0.15, 0.2) is 0 Å². The first-order chi connectivity index (χ1) is 13.4. The summed E-state index contributed by atoms with van der Waals surface area (Å²) in [4.78, 5) is 5.17. The van der Waals surface area contributed by atoms with Crippen molar-refractivity contribution in [2.45, 2.75) is 56.8 Å². The molecule has 0 amide bonds. The monoisotopic (exact) mass is 380 g/mol. The van der Waals surface area contributed by atoms with Crippen LogP contribution in [0.4, 0.5) is 0 Å². The van der Waals surface area contributed by atoms with E-state index < -0.39 is 0 Å². The Bertz CT molecular complexity index is 485. The van der Waals surface area contributed by atoms with Gasteiger partial charge in [-0.1, -0.05) is 19.3 Å². The highest BCUT2D eigenvalue weighted by molar-refractivity contribution is 4.98. The molecule has 3 N–H and O–H groups in total. The Hall–Kier alpha value is -0.320. The molecule has 4 aliphatic heterocycles. The number of nitrogens with zero attached hydrogens (tertiary/aromatic N) is 3. The summed E-state index contributed by atoms with van der Waals surface area (Å²) < 4.78 is 11.1. The van der Waals surface area contributed by atoms with Crippen LogP contribution in [-0.4, -0.2) is 98.6 Å². The molecule has 5 unspecified atom stereocenters. The van der Waals surface area contributed by atoms with Gasteiger partial charge in [0.25, 0.3) is 0 Å². The molecule has 0 aromatic carbocycles. The van der Waals surface area contributed by atoms with Crippen LogP contribution in [0.3, 0.4) is 0 Å².